The van der Waals surface area contributed by atoms with Gasteiger partial charge in [-0.25, -0.2) is 0 Å². The van der Waals surface area contributed by atoms with Gasteiger partial charge < -0.3 is 9.32 Å². The van der Waals surface area contributed by atoms with Crippen LogP contribution in [0.1, 0.15) is 39.7 Å². The van der Waals surface area contributed by atoms with Crippen molar-refractivity contribution in [2.24, 2.45) is 0 Å². The van der Waals surface area contributed by atoms with Crippen molar-refractivity contribution in [3.05, 3.63) is 123 Å². The molecule has 2 aliphatic rings. The quantitative estimate of drug-likeness (QED) is 0.158. The molecule has 216 valence electrons. The molecule has 1 unspecified atom stereocenters. The van der Waals surface area contributed by atoms with Crippen LogP contribution >= 0.6 is 23.1 Å². The third-order valence-corrected chi connectivity index (χ3v) is 10.5. The predicted molar refractivity (Wildman–Crippen MR) is 173 cm³/mol. The number of likely N-dealkylation sites (N-methyl/N-ethyl adjacent to an activating group) is 1. The number of aromatic nitrogens is 2. The molecule has 0 fully saturated rings. The van der Waals surface area contributed by atoms with Crippen molar-refractivity contribution in [2.75, 3.05) is 16.3 Å². The Morgan fingerprint density at radius 3 is 2.57 bits per heavy atom. The van der Waals surface area contributed by atoms with Gasteiger partial charge in [0.25, 0.3) is 11.8 Å². The molecular weight excluding hydrogens is 593 g/mol. The summed E-state index contributed by atoms with van der Waals surface area (Å²) in [6.45, 7) is 4.11. The number of thioether (sulfide) groups is 1. The van der Waals surface area contributed by atoms with Crippen LogP contribution < -0.4 is 15.2 Å². The zero-order valence-corrected chi connectivity index (χ0v) is 25.4. The summed E-state index contributed by atoms with van der Waals surface area (Å²) in [6.07, 6.45) is 0. The fourth-order valence-corrected chi connectivity index (χ4v) is 8.40. The van der Waals surface area contributed by atoms with E-state index in [1.165, 1.54) is 28.0 Å². The highest BCUT2D eigenvalue weighted by Gasteiger charge is 2.66. The third-order valence-electron chi connectivity index (χ3n) is 8.41. The largest absolute Gasteiger partial charge is 0.450 e. The fourth-order valence-electron chi connectivity index (χ4n) is 6.50. The molecule has 4 aromatic carbocycles. The van der Waals surface area contributed by atoms with Crippen LogP contribution in [-0.4, -0.2) is 28.6 Å². The molecule has 4 heterocycles. The minimum Gasteiger partial charge on any atom is -0.450 e. The zero-order valence-electron chi connectivity index (χ0n) is 23.7. The second-order valence-corrected chi connectivity index (χ2v) is 13.0. The van der Waals surface area contributed by atoms with Gasteiger partial charge in [0.05, 0.1) is 16.6 Å². The van der Waals surface area contributed by atoms with E-state index >= 15 is 0 Å². The Balaban J connectivity index is 1.29. The first-order chi connectivity index (χ1) is 21.4. The minimum absolute atomic E-state index is 0.0224. The molecule has 0 radical (unpaired) electrons. The fraction of sp³-hybridized carbons (Fsp3) is 0.147. The first kappa shape index (κ1) is 26.8. The number of hydrogen-bond donors (Lipinski definition) is 0. The molecule has 6 aromatic rings. The van der Waals surface area contributed by atoms with Gasteiger partial charge in [-0.2, -0.15) is 0 Å². The molecule has 2 aromatic heterocycles. The summed E-state index contributed by atoms with van der Waals surface area (Å²) in [4.78, 5) is 46.3. The Kier molecular flexibility index (Phi) is 6.01. The second kappa shape index (κ2) is 9.87. The topological polar surface area (TPSA) is 96.6 Å². The number of fused-ring (bicyclic) bond motifs is 6. The summed E-state index contributed by atoms with van der Waals surface area (Å²) in [5.74, 6) is -0.492. The molecule has 8 nitrogen and oxygen atoms in total. The summed E-state index contributed by atoms with van der Waals surface area (Å²) >= 11 is 2.73. The molecule has 10 heteroatoms. The summed E-state index contributed by atoms with van der Waals surface area (Å²) in [6, 6.07) is 27.0. The van der Waals surface area contributed by atoms with Crippen LogP contribution in [0.15, 0.2) is 98.5 Å². The van der Waals surface area contributed by atoms with Crippen molar-refractivity contribution in [2.45, 2.75) is 29.5 Å². The summed E-state index contributed by atoms with van der Waals surface area (Å²) in [5, 5.41) is 11.7. The SMILES string of the molecule is CCN1C(=O)C2(c3ccccc31)c1c(oc3ccc(C)cc3c1=O)C(=O)N2c1nnc(SCc2cccc3ccccc23)s1. The van der Waals surface area contributed by atoms with Crippen LogP contribution in [0.25, 0.3) is 21.7 Å². The zero-order chi connectivity index (χ0) is 30.2. The first-order valence-electron chi connectivity index (χ1n) is 14.2. The number of carbonyl (C=O) groups excluding carboxylic acids is 2. The summed E-state index contributed by atoms with van der Waals surface area (Å²) in [5.41, 5.74) is 1.34. The summed E-state index contributed by atoms with van der Waals surface area (Å²) < 4.78 is 6.80. The van der Waals surface area contributed by atoms with E-state index in [-0.39, 0.29) is 16.5 Å². The molecule has 1 atom stereocenters. The van der Waals surface area contributed by atoms with Gasteiger partial charge in [-0.15, -0.1) is 10.2 Å². The van der Waals surface area contributed by atoms with Gasteiger partial charge in [0.15, 0.2) is 15.3 Å². The highest BCUT2D eigenvalue weighted by molar-refractivity contribution is 8.00. The van der Waals surface area contributed by atoms with Crippen LogP contribution in [0.3, 0.4) is 0 Å². The van der Waals surface area contributed by atoms with E-state index in [0.29, 0.717) is 38.9 Å². The van der Waals surface area contributed by atoms with Gasteiger partial charge in [-0.1, -0.05) is 95.4 Å². The van der Waals surface area contributed by atoms with Crippen molar-refractivity contribution in [1.82, 2.24) is 10.2 Å². The highest BCUT2D eigenvalue weighted by Crippen LogP contribution is 2.54. The highest BCUT2D eigenvalue weighted by atomic mass is 32.2. The van der Waals surface area contributed by atoms with E-state index in [9.17, 15) is 14.4 Å². The van der Waals surface area contributed by atoms with E-state index in [2.05, 4.69) is 34.5 Å². The molecule has 0 saturated heterocycles. The van der Waals surface area contributed by atoms with Gasteiger partial charge in [0, 0.05) is 17.9 Å². The van der Waals surface area contributed by atoms with Crippen LogP contribution in [0.2, 0.25) is 0 Å². The minimum atomic E-state index is -1.77. The number of aryl methyl sites for hydroxylation is 1. The van der Waals surface area contributed by atoms with Gasteiger partial charge in [0.1, 0.15) is 5.58 Å². The molecule has 0 saturated carbocycles. The summed E-state index contributed by atoms with van der Waals surface area (Å²) in [7, 11) is 0. The van der Waals surface area contributed by atoms with E-state index < -0.39 is 22.8 Å². The molecular formula is C34H24N4O4S2. The molecule has 0 N–H and O–H groups in total. The van der Waals surface area contributed by atoms with Crippen molar-refractivity contribution in [3.8, 4) is 0 Å². The number of rotatable bonds is 5. The lowest BCUT2D eigenvalue weighted by Gasteiger charge is -2.31. The van der Waals surface area contributed by atoms with E-state index in [0.717, 1.165) is 21.9 Å². The number of para-hydroxylation sites is 1. The Morgan fingerprint density at radius 1 is 0.909 bits per heavy atom. The maximum absolute atomic E-state index is 14.6. The molecule has 8 rings (SSSR count). The molecule has 2 aliphatic heterocycles. The Labute approximate surface area is 259 Å². The van der Waals surface area contributed by atoms with E-state index in [4.69, 9.17) is 4.42 Å². The van der Waals surface area contributed by atoms with Gasteiger partial charge in [0.2, 0.25) is 10.9 Å². The van der Waals surface area contributed by atoms with Gasteiger partial charge in [-0.05, 0) is 48.4 Å². The van der Waals surface area contributed by atoms with Crippen molar-refractivity contribution in [1.29, 1.82) is 0 Å². The third kappa shape index (κ3) is 3.61. The van der Waals surface area contributed by atoms with E-state index in [1.807, 2.05) is 56.3 Å². The number of carbonyl (C=O) groups is 2. The average molecular weight is 617 g/mol. The van der Waals surface area contributed by atoms with Crippen molar-refractivity contribution in [3.63, 3.8) is 0 Å². The maximum Gasteiger partial charge on any atom is 0.297 e. The predicted octanol–water partition coefficient (Wildman–Crippen LogP) is 6.67. The lowest BCUT2D eigenvalue weighted by atomic mass is 9.84. The molecule has 0 aliphatic carbocycles. The van der Waals surface area contributed by atoms with Crippen LogP contribution in [0.4, 0.5) is 10.8 Å². The van der Waals surface area contributed by atoms with Gasteiger partial charge >= 0.3 is 0 Å². The molecule has 2 amide bonds. The normalized spacial score (nSPS) is 17.3. The Bertz CT molecular complexity index is 2240. The standard InChI is InChI=1S/C34H24N4O4S2/c1-3-37-25-14-7-6-13-24(25)34(31(37)41)27-28(39)23-17-19(2)15-16-26(23)42-29(27)30(40)38(34)32-35-36-33(44-32)43-18-21-11-8-10-20-9-4-5-12-22(20)21/h4-17H,3,18H2,1-2H3. The number of anilines is 2. The molecule has 0 bridgehead atoms. The monoisotopic (exact) mass is 616 g/mol. The number of hydrogen-bond acceptors (Lipinski definition) is 8. The Hall–Kier alpha value is -4.80. The second-order valence-electron chi connectivity index (χ2n) is 10.8. The maximum atomic E-state index is 14.6. The lowest BCUT2D eigenvalue weighted by Crippen LogP contribution is -2.53. The van der Waals surface area contributed by atoms with Crippen molar-refractivity contribution >= 4 is 67.5 Å². The van der Waals surface area contributed by atoms with Crippen LogP contribution in [0.5, 0.6) is 0 Å². The van der Waals surface area contributed by atoms with Crippen LogP contribution in [0, 0.1) is 6.92 Å². The number of amides is 2. The van der Waals surface area contributed by atoms with Crippen LogP contribution in [-0.2, 0) is 16.1 Å². The molecule has 44 heavy (non-hydrogen) atoms. The lowest BCUT2D eigenvalue weighted by molar-refractivity contribution is -0.121. The number of nitrogens with zero attached hydrogens (tertiary/aromatic N) is 4. The Morgan fingerprint density at radius 2 is 1.70 bits per heavy atom. The number of benzene rings is 4. The van der Waals surface area contributed by atoms with Gasteiger partial charge in [-0.3, -0.25) is 19.3 Å². The molecule has 1 spiro atoms. The first-order valence-corrected chi connectivity index (χ1v) is 16.0. The van der Waals surface area contributed by atoms with Crippen molar-refractivity contribution < 1.29 is 14.0 Å². The van der Waals surface area contributed by atoms with E-state index in [1.54, 1.807) is 23.1 Å². The smallest absolute Gasteiger partial charge is 0.297 e. The average Bonchev–Trinajstić information content (AvgIpc) is 3.68.